The summed E-state index contributed by atoms with van der Waals surface area (Å²) in [7, 11) is 1.98. The lowest BCUT2D eigenvalue weighted by molar-refractivity contribution is -0.119. The van der Waals surface area contributed by atoms with Crippen molar-refractivity contribution in [3.8, 4) is 0 Å². The largest absolute Gasteiger partial charge is 0.292 e. The minimum absolute atomic E-state index is 0.140. The van der Waals surface area contributed by atoms with Crippen LogP contribution in [0.2, 0.25) is 0 Å². The summed E-state index contributed by atoms with van der Waals surface area (Å²) in [6.07, 6.45) is 5.34. The maximum absolute atomic E-state index is 13.0. The summed E-state index contributed by atoms with van der Waals surface area (Å²) in [6, 6.07) is 8.55. The van der Waals surface area contributed by atoms with Crippen molar-refractivity contribution in [2.75, 3.05) is 11.4 Å². The number of nitrogens with zero attached hydrogens (tertiary/aromatic N) is 6. The molecule has 2 aliphatic rings. The molecule has 0 saturated carbocycles. The molecule has 0 bridgehead atoms. The number of likely N-dealkylation sites (tertiary alicyclic amines) is 1. The molecule has 5 rings (SSSR count). The third-order valence-corrected chi connectivity index (χ3v) is 7.19. The summed E-state index contributed by atoms with van der Waals surface area (Å²) in [4.78, 5) is 27.3. The lowest BCUT2D eigenvalue weighted by Gasteiger charge is -2.31. The van der Waals surface area contributed by atoms with Crippen LogP contribution >= 0.6 is 0 Å². The summed E-state index contributed by atoms with van der Waals surface area (Å²) in [6.45, 7) is 8.66. The molecule has 172 valence electrons. The van der Waals surface area contributed by atoms with E-state index in [1.54, 1.807) is 0 Å². The van der Waals surface area contributed by atoms with Crippen LogP contribution in [0.4, 0.5) is 5.82 Å². The second kappa shape index (κ2) is 8.71. The predicted octanol–water partition coefficient (Wildman–Crippen LogP) is 3.95. The number of amides is 1. The van der Waals surface area contributed by atoms with E-state index in [1.165, 1.54) is 16.8 Å². The first-order valence-corrected chi connectivity index (χ1v) is 11.9. The van der Waals surface area contributed by atoms with Gasteiger partial charge in [-0.25, -0.2) is 9.97 Å². The van der Waals surface area contributed by atoms with Crippen molar-refractivity contribution in [1.29, 1.82) is 0 Å². The van der Waals surface area contributed by atoms with Crippen molar-refractivity contribution in [2.24, 2.45) is 7.05 Å². The molecule has 7 heteroatoms. The van der Waals surface area contributed by atoms with Crippen molar-refractivity contribution in [2.45, 2.75) is 65.6 Å². The number of benzene rings is 1. The van der Waals surface area contributed by atoms with Gasteiger partial charge in [0.05, 0.1) is 18.8 Å². The molecule has 3 aromatic rings. The Hall–Kier alpha value is -3.06. The summed E-state index contributed by atoms with van der Waals surface area (Å²) in [5, 5.41) is 4.41. The highest BCUT2D eigenvalue weighted by molar-refractivity contribution is 5.95. The predicted molar refractivity (Wildman–Crippen MR) is 128 cm³/mol. The lowest BCUT2D eigenvalue weighted by atomic mass is 10.0. The Balaban J connectivity index is 1.46. The summed E-state index contributed by atoms with van der Waals surface area (Å²) >= 11 is 0. The second-order valence-corrected chi connectivity index (χ2v) is 9.44. The van der Waals surface area contributed by atoms with Crippen LogP contribution in [0.5, 0.6) is 0 Å². The normalized spacial score (nSPS) is 18.7. The van der Waals surface area contributed by atoms with Gasteiger partial charge in [0.25, 0.3) is 0 Å². The molecule has 0 radical (unpaired) electrons. The van der Waals surface area contributed by atoms with E-state index in [0.29, 0.717) is 19.4 Å². The van der Waals surface area contributed by atoms with Crippen molar-refractivity contribution in [1.82, 2.24) is 24.6 Å². The maximum atomic E-state index is 13.0. The third kappa shape index (κ3) is 4.17. The number of rotatable bonds is 5. The SMILES string of the molecule is Cc1ccc(CN2C(=O)CCc3c(C)nc([C@@H]4CCCN4Cc4cnn(C)c4C)nc32)cc1. The molecular formula is C26H32N6O. The minimum Gasteiger partial charge on any atom is -0.292 e. The van der Waals surface area contributed by atoms with Crippen LogP contribution in [-0.4, -0.2) is 37.1 Å². The molecule has 0 spiro atoms. The molecule has 0 unspecified atom stereocenters. The molecule has 2 aliphatic heterocycles. The van der Waals surface area contributed by atoms with Gasteiger partial charge in [0.1, 0.15) is 11.6 Å². The molecule has 7 nitrogen and oxygen atoms in total. The number of carbonyl (C=O) groups is 1. The van der Waals surface area contributed by atoms with Gasteiger partial charge in [-0.05, 0) is 52.1 Å². The van der Waals surface area contributed by atoms with Crippen molar-refractivity contribution < 1.29 is 4.79 Å². The highest BCUT2D eigenvalue weighted by Crippen LogP contribution is 2.36. The number of hydrogen-bond donors (Lipinski definition) is 0. The Kier molecular flexibility index (Phi) is 5.74. The average Bonchev–Trinajstić information content (AvgIpc) is 3.39. The van der Waals surface area contributed by atoms with Crippen LogP contribution in [0.1, 0.15) is 64.8 Å². The minimum atomic E-state index is 0.140. The van der Waals surface area contributed by atoms with Gasteiger partial charge in [0, 0.05) is 42.5 Å². The van der Waals surface area contributed by atoms with E-state index in [4.69, 9.17) is 9.97 Å². The van der Waals surface area contributed by atoms with Crippen LogP contribution in [0.3, 0.4) is 0 Å². The van der Waals surface area contributed by atoms with Gasteiger partial charge in [-0.15, -0.1) is 0 Å². The molecule has 4 heterocycles. The summed E-state index contributed by atoms with van der Waals surface area (Å²) < 4.78 is 1.93. The summed E-state index contributed by atoms with van der Waals surface area (Å²) in [5.41, 5.74) is 6.89. The molecular weight excluding hydrogens is 412 g/mol. The smallest absolute Gasteiger partial charge is 0.228 e. The lowest BCUT2D eigenvalue weighted by Crippen LogP contribution is -2.37. The third-order valence-electron chi connectivity index (χ3n) is 7.19. The second-order valence-electron chi connectivity index (χ2n) is 9.44. The average molecular weight is 445 g/mol. The zero-order valence-electron chi connectivity index (χ0n) is 20.0. The van der Waals surface area contributed by atoms with Gasteiger partial charge < -0.3 is 0 Å². The number of hydrogen-bond acceptors (Lipinski definition) is 5. The van der Waals surface area contributed by atoms with E-state index in [1.807, 2.05) is 22.8 Å². The monoisotopic (exact) mass is 444 g/mol. The van der Waals surface area contributed by atoms with Gasteiger partial charge in [-0.3, -0.25) is 19.3 Å². The standard InChI is InChI=1S/C26H32N6O/c1-17-7-9-20(10-8-17)15-32-24(33)12-11-22-18(2)28-25(29-26(22)32)23-6-5-13-31(23)16-21-14-27-30(4)19(21)3/h7-10,14,23H,5-6,11-13,15-16H2,1-4H3/t23-/m0/s1. The van der Waals surface area contributed by atoms with Gasteiger partial charge in [-0.1, -0.05) is 29.8 Å². The highest BCUT2D eigenvalue weighted by atomic mass is 16.2. The van der Waals surface area contributed by atoms with E-state index in [2.05, 4.69) is 55.0 Å². The molecule has 1 amide bonds. The first-order valence-electron chi connectivity index (χ1n) is 11.9. The summed E-state index contributed by atoms with van der Waals surface area (Å²) in [5.74, 6) is 1.79. The van der Waals surface area contributed by atoms with E-state index in [0.717, 1.165) is 54.4 Å². The van der Waals surface area contributed by atoms with E-state index in [9.17, 15) is 4.79 Å². The van der Waals surface area contributed by atoms with Gasteiger partial charge in [-0.2, -0.15) is 5.10 Å². The van der Waals surface area contributed by atoms with Crippen molar-refractivity contribution >= 4 is 11.7 Å². The highest BCUT2D eigenvalue weighted by Gasteiger charge is 2.33. The Morgan fingerprint density at radius 3 is 2.55 bits per heavy atom. The van der Waals surface area contributed by atoms with Crippen LogP contribution < -0.4 is 4.90 Å². The zero-order valence-corrected chi connectivity index (χ0v) is 20.0. The van der Waals surface area contributed by atoms with Crippen molar-refractivity contribution in [3.05, 3.63) is 69.9 Å². The van der Waals surface area contributed by atoms with Crippen LogP contribution in [0.15, 0.2) is 30.5 Å². The molecule has 1 atom stereocenters. The number of anilines is 1. The Morgan fingerprint density at radius 2 is 1.82 bits per heavy atom. The fraction of sp³-hybridized carbons (Fsp3) is 0.462. The fourth-order valence-electron chi connectivity index (χ4n) is 5.02. The zero-order chi connectivity index (χ0) is 23.1. The Bertz CT molecular complexity index is 1180. The Morgan fingerprint density at radius 1 is 1.03 bits per heavy atom. The van der Waals surface area contributed by atoms with Crippen LogP contribution in [0.25, 0.3) is 0 Å². The van der Waals surface area contributed by atoms with Gasteiger partial charge >= 0.3 is 0 Å². The van der Waals surface area contributed by atoms with E-state index < -0.39 is 0 Å². The maximum Gasteiger partial charge on any atom is 0.228 e. The molecule has 1 fully saturated rings. The first kappa shape index (κ1) is 21.8. The number of fused-ring (bicyclic) bond motifs is 1. The molecule has 33 heavy (non-hydrogen) atoms. The molecule has 0 aliphatic carbocycles. The molecule has 1 saturated heterocycles. The topological polar surface area (TPSA) is 67.2 Å². The molecule has 2 aromatic heterocycles. The van der Waals surface area contributed by atoms with Gasteiger partial charge in [0.15, 0.2) is 0 Å². The first-order chi connectivity index (χ1) is 15.9. The van der Waals surface area contributed by atoms with E-state index >= 15 is 0 Å². The van der Waals surface area contributed by atoms with Crippen LogP contribution in [-0.2, 0) is 31.4 Å². The number of aryl methyl sites for hydroxylation is 3. The number of carbonyl (C=O) groups excluding carboxylic acids is 1. The Labute approximate surface area is 195 Å². The molecule has 1 aromatic carbocycles. The van der Waals surface area contributed by atoms with Crippen molar-refractivity contribution in [3.63, 3.8) is 0 Å². The van der Waals surface area contributed by atoms with Crippen LogP contribution in [0, 0.1) is 20.8 Å². The molecule has 0 N–H and O–H groups in total. The van der Waals surface area contributed by atoms with Gasteiger partial charge in [0.2, 0.25) is 5.91 Å². The quantitative estimate of drug-likeness (QED) is 0.596. The number of aromatic nitrogens is 4. The fourth-order valence-corrected chi connectivity index (χ4v) is 5.02. The van der Waals surface area contributed by atoms with E-state index in [-0.39, 0.29) is 11.9 Å².